The van der Waals surface area contributed by atoms with E-state index < -0.39 is 6.09 Å². The molecule has 0 atom stereocenters. The molecule has 6 nitrogen and oxygen atoms in total. The number of likely N-dealkylation sites (tertiary alicyclic amines) is 1. The number of hydrogen-bond acceptors (Lipinski definition) is 4. The topological polar surface area (TPSA) is 67.9 Å². The largest absolute Gasteiger partial charge is 0.484 e. The first-order valence-electron chi connectivity index (χ1n) is 8.10. The Bertz CT molecular complexity index is 563. The summed E-state index contributed by atoms with van der Waals surface area (Å²) in [5.74, 6) is 0.652. The molecule has 6 heteroatoms. The van der Waals surface area contributed by atoms with Crippen molar-refractivity contribution in [3.8, 4) is 5.75 Å². The van der Waals surface area contributed by atoms with Crippen LogP contribution in [-0.2, 0) is 9.53 Å². The molecule has 1 fully saturated rings. The number of amides is 2. The Morgan fingerprint density at radius 2 is 1.96 bits per heavy atom. The molecule has 0 aliphatic carbocycles. The fourth-order valence-electron chi connectivity index (χ4n) is 2.49. The maximum atomic E-state index is 12.2. The Morgan fingerprint density at radius 3 is 2.58 bits per heavy atom. The molecule has 1 aromatic carbocycles. The standard InChI is InChI=1S/C18H24N2O4/c1-3-12-23-18(22)19-15-8-10-20(11-9-15)17(21)13-24-16-6-4-14(2)5-7-16/h3-7,15H,1,8-13H2,2H3,(H,19,22). The number of ether oxygens (including phenoxy) is 2. The lowest BCUT2D eigenvalue weighted by molar-refractivity contribution is -0.134. The van der Waals surface area contributed by atoms with Crippen molar-refractivity contribution in [2.45, 2.75) is 25.8 Å². The Labute approximate surface area is 142 Å². The number of piperidine rings is 1. The van der Waals surface area contributed by atoms with Gasteiger partial charge in [0.1, 0.15) is 12.4 Å². The second-order valence-electron chi connectivity index (χ2n) is 5.79. The van der Waals surface area contributed by atoms with Crippen LogP contribution in [-0.4, -0.2) is 49.2 Å². The minimum atomic E-state index is -0.442. The van der Waals surface area contributed by atoms with E-state index in [4.69, 9.17) is 9.47 Å². The van der Waals surface area contributed by atoms with Gasteiger partial charge in [0.05, 0.1) is 0 Å². The van der Waals surface area contributed by atoms with E-state index in [0.29, 0.717) is 31.7 Å². The van der Waals surface area contributed by atoms with Gasteiger partial charge in [-0.2, -0.15) is 0 Å². The lowest BCUT2D eigenvalue weighted by atomic mass is 10.1. The molecule has 24 heavy (non-hydrogen) atoms. The number of nitrogens with one attached hydrogen (secondary N) is 1. The number of carbonyl (C=O) groups excluding carboxylic acids is 2. The summed E-state index contributed by atoms with van der Waals surface area (Å²) in [6, 6.07) is 7.64. The third-order valence-electron chi connectivity index (χ3n) is 3.89. The van der Waals surface area contributed by atoms with Gasteiger partial charge in [-0.1, -0.05) is 30.4 Å². The van der Waals surface area contributed by atoms with E-state index in [9.17, 15) is 9.59 Å². The maximum Gasteiger partial charge on any atom is 0.407 e. The Hall–Kier alpha value is -2.50. The number of hydrogen-bond donors (Lipinski definition) is 1. The van der Waals surface area contributed by atoms with Crippen molar-refractivity contribution in [3.63, 3.8) is 0 Å². The van der Waals surface area contributed by atoms with E-state index in [1.807, 2.05) is 31.2 Å². The number of benzene rings is 1. The molecule has 0 aromatic heterocycles. The second kappa shape index (κ2) is 8.96. The van der Waals surface area contributed by atoms with Gasteiger partial charge in [0, 0.05) is 19.1 Å². The molecular weight excluding hydrogens is 308 g/mol. The average Bonchev–Trinajstić information content (AvgIpc) is 2.60. The average molecular weight is 332 g/mol. The van der Waals surface area contributed by atoms with Gasteiger partial charge in [0.2, 0.25) is 0 Å². The Kier molecular flexibility index (Phi) is 6.66. The summed E-state index contributed by atoms with van der Waals surface area (Å²) in [5.41, 5.74) is 1.15. The molecule has 0 spiro atoms. The molecule has 0 bridgehead atoms. The van der Waals surface area contributed by atoms with Crippen LogP contribution in [0.3, 0.4) is 0 Å². The first kappa shape index (κ1) is 17.8. The lowest BCUT2D eigenvalue weighted by Crippen LogP contribution is -2.47. The number of alkyl carbamates (subject to hydrolysis) is 1. The fraction of sp³-hybridized carbons (Fsp3) is 0.444. The quantitative estimate of drug-likeness (QED) is 0.812. The van der Waals surface area contributed by atoms with E-state index in [1.165, 1.54) is 6.08 Å². The molecule has 1 aliphatic rings. The highest BCUT2D eigenvalue weighted by atomic mass is 16.5. The molecule has 0 unspecified atom stereocenters. The smallest absolute Gasteiger partial charge is 0.407 e. The maximum absolute atomic E-state index is 12.2. The molecule has 130 valence electrons. The monoisotopic (exact) mass is 332 g/mol. The van der Waals surface area contributed by atoms with E-state index in [1.54, 1.807) is 4.90 Å². The highest BCUT2D eigenvalue weighted by molar-refractivity contribution is 5.78. The fourth-order valence-corrected chi connectivity index (χ4v) is 2.49. The highest BCUT2D eigenvalue weighted by Crippen LogP contribution is 2.13. The van der Waals surface area contributed by atoms with Crippen LogP contribution < -0.4 is 10.1 Å². The summed E-state index contributed by atoms with van der Waals surface area (Å²) in [5, 5.41) is 2.80. The van der Waals surface area contributed by atoms with Gasteiger partial charge in [-0.15, -0.1) is 0 Å². The summed E-state index contributed by atoms with van der Waals surface area (Å²) < 4.78 is 10.4. The molecule has 0 radical (unpaired) electrons. The summed E-state index contributed by atoms with van der Waals surface area (Å²) in [6.07, 6.45) is 2.50. The summed E-state index contributed by atoms with van der Waals surface area (Å²) in [6.45, 7) is 6.92. The van der Waals surface area contributed by atoms with Crippen LogP contribution in [0.2, 0.25) is 0 Å². The molecule has 0 saturated carbocycles. The predicted molar refractivity (Wildman–Crippen MR) is 91.0 cm³/mol. The first-order valence-corrected chi connectivity index (χ1v) is 8.10. The van der Waals surface area contributed by atoms with Crippen LogP contribution in [0.15, 0.2) is 36.9 Å². The van der Waals surface area contributed by atoms with Crippen LogP contribution in [0.5, 0.6) is 5.75 Å². The zero-order valence-corrected chi connectivity index (χ0v) is 14.0. The third-order valence-corrected chi connectivity index (χ3v) is 3.89. The van der Waals surface area contributed by atoms with Gasteiger partial charge in [-0.3, -0.25) is 4.79 Å². The van der Waals surface area contributed by atoms with E-state index in [0.717, 1.165) is 5.56 Å². The molecule has 1 saturated heterocycles. The second-order valence-corrected chi connectivity index (χ2v) is 5.79. The summed E-state index contributed by atoms with van der Waals surface area (Å²) >= 11 is 0. The number of carbonyl (C=O) groups is 2. The van der Waals surface area contributed by atoms with Crippen molar-refractivity contribution < 1.29 is 19.1 Å². The van der Waals surface area contributed by atoms with E-state index in [-0.39, 0.29) is 25.2 Å². The van der Waals surface area contributed by atoms with Crippen molar-refractivity contribution >= 4 is 12.0 Å². The predicted octanol–water partition coefficient (Wildman–Crippen LogP) is 2.28. The highest BCUT2D eigenvalue weighted by Gasteiger charge is 2.24. The van der Waals surface area contributed by atoms with Crippen LogP contribution in [0.4, 0.5) is 4.79 Å². The van der Waals surface area contributed by atoms with Crippen molar-refractivity contribution in [1.29, 1.82) is 0 Å². The number of aryl methyl sites for hydroxylation is 1. The number of rotatable bonds is 6. The first-order chi connectivity index (χ1) is 11.6. The Balaban J connectivity index is 1.69. The molecule has 1 heterocycles. The molecule has 1 N–H and O–H groups in total. The lowest BCUT2D eigenvalue weighted by Gasteiger charge is -2.32. The van der Waals surface area contributed by atoms with Crippen LogP contribution in [0.25, 0.3) is 0 Å². The molecular formula is C18H24N2O4. The molecule has 1 aliphatic heterocycles. The van der Waals surface area contributed by atoms with Gasteiger partial charge in [0.15, 0.2) is 6.61 Å². The van der Waals surface area contributed by atoms with Crippen LogP contribution in [0, 0.1) is 6.92 Å². The van der Waals surface area contributed by atoms with Gasteiger partial charge in [0.25, 0.3) is 5.91 Å². The summed E-state index contributed by atoms with van der Waals surface area (Å²) in [7, 11) is 0. The van der Waals surface area contributed by atoms with Gasteiger partial charge >= 0.3 is 6.09 Å². The SMILES string of the molecule is C=CCOC(=O)NC1CCN(C(=O)COc2ccc(C)cc2)CC1. The number of nitrogens with zero attached hydrogens (tertiary/aromatic N) is 1. The summed E-state index contributed by atoms with van der Waals surface area (Å²) in [4.78, 5) is 25.4. The van der Waals surface area contributed by atoms with Gasteiger partial charge < -0.3 is 19.7 Å². The van der Waals surface area contributed by atoms with Crippen LogP contribution >= 0.6 is 0 Å². The zero-order valence-electron chi connectivity index (χ0n) is 14.0. The van der Waals surface area contributed by atoms with Crippen molar-refractivity contribution in [3.05, 3.63) is 42.5 Å². The minimum absolute atomic E-state index is 0.0303. The molecule has 2 amide bonds. The molecule has 1 aromatic rings. The van der Waals surface area contributed by atoms with E-state index in [2.05, 4.69) is 11.9 Å². The van der Waals surface area contributed by atoms with Gasteiger partial charge in [-0.25, -0.2) is 4.79 Å². The Morgan fingerprint density at radius 1 is 1.29 bits per heavy atom. The van der Waals surface area contributed by atoms with Crippen molar-refractivity contribution in [2.24, 2.45) is 0 Å². The van der Waals surface area contributed by atoms with Crippen LogP contribution in [0.1, 0.15) is 18.4 Å². The van der Waals surface area contributed by atoms with Crippen molar-refractivity contribution in [2.75, 3.05) is 26.3 Å². The third kappa shape index (κ3) is 5.61. The normalized spacial score (nSPS) is 14.8. The molecule has 2 rings (SSSR count). The van der Waals surface area contributed by atoms with Gasteiger partial charge in [-0.05, 0) is 31.9 Å². The zero-order chi connectivity index (χ0) is 17.4. The van der Waals surface area contributed by atoms with E-state index >= 15 is 0 Å². The minimum Gasteiger partial charge on any atom is -0.484 e. The van der Waals surface area contributed by atoms with Crippen molar-refractivity contribution in [1.82, 2.24) is 10.2 Å².